The van der Waals surface area contributed by atoms with Crippen LogP contribution in [0.1, 0.15) is 20.8 Å². The number of ether oxygens (including phenoxy) is 2. The van der Waals surface area contributed by atoms with Crippen LogP contribution in [0, 0.1) is 0 Å². The van der Waals surface area contributed by atoms with E-state index in [1.807, 2.05) is 41.9 Å². The molecule has 1 N–H and O–H groups in total. The Morgan fingerprint density at radius 3 is 2.23 bits per heavy atom. The maximum atomic E-state index is 11.8. The maximum absolute atomic E-state index is 11.8. The number of halogens is 1. The summed E-state index contributed by atoms with van der Waals surface area (Å²) in [6.45, 7) is 5.45. The monoisotopic (exact) mass is 380 g/mol. The fourth-order valence-corrected chi connectivity index (χ4v) is 1.86. The Balaban J connectivity index is 0.00000338. The third-order valence-electron chi connectivity index (χ3n) is 2.94. The molecule has 26 heavy (non-hydrogen) atoms. The van der Waals surface area contributed by atoms with Crippen LogP contribution in [0.15, 0.2) is 36.5 Å². The van der Waals surface area contributed by atoms with Crippen LogP contribution in [0.3, 0.4) is 0 Å². The molecular weight excluding hydrogens is 356 g/mol. The van der Waals surface area contributed by atoms with E-state index in [0.717, 1.165) is 0 Å². The van der Waals surface area contributed by atoms with E-state index in [4.69, 9.17) is 9.47 Å². The molecule has 1 amide bonds. The number of nitrogens with zero attached hydrogens (tertiary/aromatic N) is 3. The zero-order valence-electron chi connectivity index (χ0n) is 15.9. The van der Waals surface area contributed by atoms with Gasteiger partial charge in [0.15, 0.2) is 0 Å². The molecule has 0 fully saturated rings. The van der Waals surface area contributed by atoms with Crippen molar-refractivity contribution in [3.05, 3.63) is 36.5 Å². The van der Waals surface area contributed by atoms with Crippen molar-refractivity contribution in [2.45, 2.75) is 26.4 Å². The number of aromatic nitrogens is 2. The molecule has 0 bridgehead atoms. The molecule has 0 saturated carbocycles. The summed E-state index contributed by atoms with van der Waals surface area (Å²) in [5, 5.41) is 2.67. The largest absolute Gasteiger partial charge is 1.00 e. The Hall–Kier alpha value is -2.38. The maximum Gasteiger partial charge on any atom is 0.412 e. The molecule has 1 aromatic heterocycles. The van der Waals surface area contributed by atoms with Gasteiger partial charge in [-0.15, -0.1) is 4.98 Å². The minimum atomic E-state index is -0.538. The summed E-state index contributed by atoms with van der Waals surface area (Å²) in [6.07, 6.45) is 1.17. The summed E-state index contributed by atoms with van der Waals surface area (Å²) in [7, 11) is 5.95. The molecule has 1 aromatic carbocycles. The molecule has 0 aliphatic carbocycles. The van der Waals surface area contributed by atoms with Crippen LogP contribution in [-0.4, -0.2) is 42.8 Å². The number of benzene rings is 1. The Labute approximate surface area is 160 Å². The number of quaternary nitrogens is 1. The van der Waals surface area contributed by atoms with Crippen molar-refractivity contribution in [3.8, 4) is 11.6 Å². The first-order valence-electron chi connectivity index (χ1n) is 7.96. The topological polar surface area (TPSA) is 73.3 Å². The van der Waals surface area contributed by atoms with Crippen LogP contribution in [0.2, 0.25) is 0 Å². The zero-order chi connectivity index (χ0) is 18.7. The number of rotatable bonds is 4. The van der Waals surface area contributed by atoms with Gasteiger partial charge in [-0.05, 0) is 45.0 Å². The van der Waals surface area contributed by atoms with E-state index < -0.39 is 11.7 Å². The van der Waals surface area contributed by atoms with Crippen molar-refractivity contribution in [2.75, 3.05) is 26.5 Å². The number of nitrogens with one attached hydrogen (secondary N) is 1. The molecule has 1 heterocycles. The van der Waals surface area contributed by atoms with E-state index in [1.165, 1.54) is 0 Å². The number of hydrogen-bond donors (Lipinski definition) is 1. The van der Waals surface area contributed by atoms with Crippen molar-refractivity contribution in [1.82, 2.24) is 14.5 Å². The number of carbonyl (C=O) groups excluding carboxylic acids is 1. The lowest BCUT2D eigenvalue weighted by Gasteiger charge is -2.20. The van der Waals surface area contributed by atoms with Crippen LogP contribution in [0.4, 0.5) is 16.4 Å². The summed E-state index contributed by atoms with van der Waals surface area (Å²) in [4.78, 5) is 20.4. The van der Waals surface area contributed by atoms with Gasteiger partial charge in [-0.3, -0.25) is 9.80 Å². The van der Waals surface area contributed by atoms with Crippen LogP contribution < -0.4 is 26.9 Å². The number of anilines is 1. The molecule has 0 radical (unpaired) electrons. The van der Waals surface area contributed by atoms with Gasteiger partial charge in [0, 0.05) is 18.0 Å². The van der Waals surface area contributed by atoms with Gasteiger partial charge in [0.25, 0.3) is 0 Å². The van der Waals surface area contributed by atoms with Gasteiger partial charge in [-0.25, -0.2) is 4.79 Å². The third kappa shape index (κ3) is 6.85. The molecule has 2 aromatic rings. The highest BCUT2D eigenvalue weighted by atomic mass is 35.5. The molecule has 8 heteroatoms. The molecule has 0 saturated heterocycles. The quantitative estimate of drug-likeness (QED) is 0.795. The van der Waals surface area contributed by atoms with Gasteiger partial charge in [0.1, 0.15) is 11.4 Å². The molecule has 0 unspecified atom stereocenters. The zero-order valence-corrected chi connectivity index (χ0v) is 16.7. The second-order valence-corrected chi connectivity index (χ2v) is 7.46. The summed E-state index contributed by atoms with van der Waals surface area (Å²) in [5.41, 5.74) is 0.0833. The summed E-state index contributed by atoms with van der Waals surface area (Å²) >= 11 is 0. The highest BCUT2D eigenvalue weighted by Gasteiger charge is 2.17. The normalized spacial score (nSPS) is 11.3. The summed E-state index contributed by atoms with van der Waals surface area (Å²) in [6, 6.07) is 8.68. The van der Waals surface area contributed by atoms with Crippen molar-refractivity contribution in [3.63, 3.8) is 0 Å². The Morgan fingerprint density at radius 1 is 1.08 bits per heavy atom. The lowest BCUT2D eigenvalue weighted by molar-refractivity contribution is -0.0000241. The second kappa shape index (κ2) is 8.33. The minimum Gasteiger partial charge on any atom is -1.00 e. The second-order valence-electron chi connectivity index (χ2n) is 7.46. The molecule has 142 valence electrons. The van der Waals surface area contributed by atoms with E-state index in [2.05, 4.69) is 15.3 Å². The van der Waals surface area contributed by atoms with Crippen LogP contribution >= 0.6 is 0 Å². The molecule has 0 atom stereocenters. The van der Waals surface area contributed by atoms with E-state index in [1.54, 1.807) is 36.5 Å². The summed E-state index contributed by atoms with van der Waals surface area (Å²) in [5.74, 6) is 1.73. The smallest absolute Gasteiger partial charge is 0.412 e. The van der Waals surface area contributed by atoms with Gasteiger partial charge >= 0.3 is 12.0 Å². The molecular formula is C18H25ClN4O3. The van der Waals surface area contributed by atoms with E-state index >= 15 is 0 Å². The van der Waals surface area contributed by atoms with E-state index in [9.17, 15) is 4.79 Å². The Bertz CT molecular complexity index is 737. The standard InChI is InChI=1S/C18H24N4O3.ClH/c1-18(2,3)25-17(23)20-13-7-9-14(10-8-13)24-15-11-12-19-16(21-15)22(4,5)6;/h7-12H,1-6H3;1H. The van der Waals surface area contributed by atoms with Crippen molar-refractivity contribution < 1.29 is 26.7 Å². The highest BCUT2D eigenvalue weighted by Crippen LogP contribution is 2.23. The number of carbonyl (C=O) groups is 1. The van der Waals surface area contributed by atoms with Crippen molar-refractivity contribution >= 4 is 17.7 Å². The van der Waals surface area contributed by atoms with Gasteiger partial charge in [-0.2, -0.15) is 4.98 Å². The van der Waals surface area contributed by atoms with Gasteiger partial charge in [-0.1, -0.05) is 0 Å². The predicted octanol–water partition coefficient (Wildman–Crippen LogP) is 0.817. The van der Waals surface area contributed by atoms with E-state index in [0.29, 0.717) is 27.7 Å². The van der Waals surface area contributed by atoms with Crippen molar-refractivity contribution in [1.29, 1.82) is 0 Å². The Kier molecular flexibility index (Phi) is 6.94. The SMILES string of the molecule is CC(C)(C)OC(=O)Nc1ccc(Oc2ccnc([N+](C)(C)C)n2)cc1.[Cl-]. The average Bonchev–Trinajstić information content (AvgIpc) is 2.47. The van der Waals surface area contributed by atoms with Crippen LogP contribution in [0.25, 0.3) is 0 Å². The third-order valence-corrected chi connectivity index (χ3v) is 2.94. The predicted molar refractivity (Wildman–Crippen MR) is 98.0 cm³/mol. The first kappa shape index (κ1) is 21.7. The fourth-order valence-electron chi connectivity index (χ4n) is 1.86. The highest BCUT2D eigenvalue weighted by molar-refractivity contribution is 5.84. The molecule has 0 spiro atoms. The number of hydrogen-bond acceptors (Lipinski definition) is 5. The van der Waals surface area contributed by atoms with Gasteiger partial charge in [0.05, 0.1) is 21.1 Å². The molecule has 2 rings (SSSR count). The van der Waals surface area contributed by atoms with Gasteiger partial charge < -0.3 is 21.9 Å². The average molecular weight is 381 g/mol. The summed E-state index contributed by atoms with van der Waals surface area (Å²) < 4.78 is 11.5. The lowest BCUT2D eigenvalue weighted by Crippen LogP contribution is -3.00. The van der Waals surface area contributed by atoms with E-state index in [-0.39, 0.29) is 12.4 Å². The first-order valence-corrected chi connectivity index (χ1v) is 7.96. The lowest BCUT2D eigenvalue weighted by atomic mass is 10.2. The molecule has 0 aliphatic rings. The fraction of sp³-hybridized carbons (Fsp3) is 0.389. The molecule has 0 aliphatic heterocycles. The minimum absolute atomic E-state index is 0. The van der Waals surface area contributed by atoms with Crippen LogP contribution in [-0.2, 0) is 4.74 Å². The van der Waals surface area contributed by atoms with Gasteiger partial charge in [0.2, 0.25) is 5.88 Å². The van der Waals surface area contributed by atoms with Crippen molar-refractivity contribution in [2.24, 2.45) is 0 Å². The first-order chi connectivity index (χ1) is 11.5. The Morgan fingerprint density at radius 2 is 1.69 bits per heavy atom. The van der Waals surface area contributed by atoms with Crippen LogP contribution in [0.5, 0.6) is 11.6 Å². The number of amides is 1. The molecule has 7 nitrogen and oxygen atoms in total.